The van der Waals surface area contributed by atoms with Crippen LogP contribution >= 0.6 is 35.1 Å². The van der Waals surface area contributed by atoms with Gasteiger partial charge in [0.2, 0.25) is 8.32 Å². The summed E-state index contributed by atoms with van der Waals surface area (Å²) < 4.78 is 11.8. The van der Waals surface area contributed by atoms with Crippen LogP contribution in [0.15, 0.2) is 110 Å². The first-order valence-electron chi connectivity index (χ1n) is 20.9. The average molecular weight is 926 g/mol. The zero-order valence-electron chi connectivity index (χ0n) is 39.8. The summed E-state index contributed by atoms with van der Waals surface area (Å²) >= 11 is 8.89. The first kappa shape index (κ1) is 52.8. The molecule has 5 aromatic rings. The van der Waals surface area contributed by atoms with Crippen molar-refractivity contribution in [2.24, 2.45) is 5.41 Å². The van der Waals surface area contributed by atoms with Crippen LogP contribution in [0, 0.1) is 60.8 Å². The standard InChI is InChI=1S/C25H28O3S.C16H26OSSi.C12H11ClO2/c1-15-7-9-19(10-8-15)29-14-25(5,6)21-13-20(26)23(24(27)28-21)22-17(3)11-16(2)12-18(22)4;1-13-8-10-15(11-9-13)18-12-16(3,4)14(2)17-19(5,6)7;1-7-4-8(2)11(9(3)5-7)10(6-14)12(13)15/h7-13,26H,14H2,1-6H3;8-11H,2,12H2,1,3-7H3;4-5H,1-3H3. The molecule has 0 amide bonds. The highest BCUT2D eigenvalue weighted by Crippen LogP contribution is 2.38. The lowest BCUT2D eigenvalue weighted by Gasteiger charge is -2.32. The Morgan fingerprint density at radius 2 is 1.14 bits per heavy atom. The Balaban J connectivity index is 0.000000269. The number of carbonyl (C=O) groups is 1. The molecule has 6 nitrogen and oxygen atoms in total. The van der Waals surface area contributed by atoms with Gasteiger partial charge in [-0.1, -0.05) is 105 Å². The minimum Gasteiger partial charge on any atom is -0.547 e. The molecular formula is C53H65ClO6S2Si. The molecule has 63 heavy (non-hydrogen) atoms. The summed E-state index contributed by atoms with van der Waals surface area (Å²) in [6.07, 6.45) is 0. The largest absolute Gasteiger partial charge is 0.547 e. The predicted molar refractivity (Wildman–Crippen MR) is 271 cm³/mol. The number of thioether (sulfide) groups is 2. The maximum absolute atomic E-state index is 12.9. The Hall–Kier alpha value is -4.50. The summed E-state index contributed by atoms with van der Waals surface area (Å²) in [5.41, 5.74) is 8.93. The fourth-order valence-corrected chi connectivity index (χ4v) is 10.0. The number of halogens is 1. The average Bonchev–Trinajstić information content (AvgIpc) is 3.16. The van der Waals surface area contributed by atoms with Gasteiger partial charge in [-0.25, -0.2) is 9.59 Å². The molecule has 0 atom stereocenters. The molecule has 0 unspecified atom stereocenters. The molecule has 10 heteroatoms. The number of carbonyl (C=O) groups excluding carboxylic acids is 2. The Morgan fingerprint density at radius 1 is 0.714 bits per heavy atom. The Kier molecular flexibility index (Phi) is 18.8. The molecule has 1 aromatic heterocycles. The van der Waals surface area contributed by atoms with Crippen LogP contribution in [0.2, 0.25) is 19.6 Å². The number of rotatable bonds is 13. The van der Waals surface area contributed by atoms with E-state index in [9.17, 15) is 19.5 Å². The third-order valence-corrected chi connectivity index (χ3v) is 14.2. The molecule has 0 aliphatic rings. The number of aryl methyl sites for hydroxylation is 8. The second-order valence-corrected chi connectivity index (χ2v) is 25.4. The first-order valence-corrected chi connectivity index (χ1v) is 26.7. The molecule has 0 spiro atoms. The monoisotopic (exact) mass is 924 g/mol. The normalized spacial score (nSPS) is 11.4. The molecule has 0 aliphatic heterocycles. The van der Waals surface area contributed by atoms with Gasteiger partial charge in [0.1, 0.15) is 28.6 Å². The molecule has 4 aromatic carbocycles. The van der Waals surface area contributed by atoms with Crippen molar-refractivity contribution in [3.8, 4) is 16.9 Å². The van der Waals surface area contributed by atoms with Crippen LogP contribution in [0.4, 0.5) is 0 Å². The molecule has 5 rings (SSSR count). The summed E-state index contributed by atoms with van der Waals surface area (Å²) in [5, 5.41) is 9.99. The van der Waals surface area contributed by atoms with Gasteiger partial charge in [0, 0.05) is 43.8 Å². The van der Waals surface area contributed by atoms with E-state index in [4.69, 9.17) is 20.4 Å². The van der Waals surface area contributed by atoms with Crippen LogP contribution in [0.1, 0.15) is 83.5 Å². The smallest absolute Gasteiger partial charge is 0.347 e. The minimum absolute atomic E-state index is 0.00413. The zero-order chi connectivity index (χ0) is 47.6. The van der Waals surface area contributed by atoms with Crippen molar-refractivity contribution in [3.63, 3.8) is 0 Å². The van der Waals surface area contributed by atoms with Crippen LogP contribution in [0.5, 0.6) is 5.75 Å². The second kappa shape index (κ2) is 22.4. The quantitative estimate of drug-likeness (QED) is 0.0312. The summed E-state index contributed by atoms with van der Waals surface area (Å²) in [7, 11) is -1.55. The van der Waals surface area contributed by atoms with Gasteiger partial charge >= 0.3 is 5.63 Å². The third kappa shape index (κ3) is 15.6. The molecule has 1 N–H and O–H groups in total. The van der Waals surface area contributed by atoms with Crippen molar-refractivity contribution in [1.82, 2.24) is 0 Å². The molecule has 0 saturated carbocycles. The third-order valence-electron chi connectivity index (χ3n) is 10.2. The summed E-state index contributed by atoms with van der Waals surface area (Å²) in [6.45, 7) is 34.9. The van der Waals surface area contributed by atoms with E-state index in [1.165, 1.54) is 16.0 Å². The highest BCUT2D eigenvalue weighted by molar-refractivity contribution is 7.99. The van der Waals surface area contributed by atoms with Crippen LogP contribution in [0.25, 0.3) is 16.7 Å². The molecule has 1 heterocycles. The van der Waals surface area contributed by atoms with Gasteiger partial charge in [-0.05, 0) is 139 Å². The lowest BCUT2D eigenvalue weighted by Crippen LogP contribution is -2.30. The highest BCUT2D eigenvalue weighted by Gasteiger charge is 2.29. The van der Waals surface area contributed by atoms with Crippen LogP contribution < -0.4 is 5.63 Å². The molecular weight excluding hydrogens is 860 g/mol. The lowest BCUT2D eigenvalue weighted by molar-refractivity contribution is -0.106. The van der Waals surface area contributed by atoms with Gasteiger partial charge in [0.05, 0.1) is 5.76 Å². The van der Waals surface area contributed by atoms with E-state index in [1.54, 1.807) is 23.8 Å². The van der Waals surface area contributed by atoms with Gasteiger partial charge in [-0.2, -0.15) is 0 Å². The highest BCUT2D eigenvalue weighted by atomic mass is 35.5. The van der Waals surface area contributed by atoms with E-state index in [-0.39, 0.29) is 22.3 Å². The first-order chi connectivity index (χ1) is 29.1. The van der Waals surface area contributed by atoms with Gasteiger partial charge in [-0.3, -0.25) is 4.79 Å². The van der Waals surface area contributed by atoms with Crippen molar-refractivity contribution in [2.75, 3.05) is 11.5 Å². The van der Waals surface area contributed by atoms with Crippen molar-refractivity contribution in [3.05, 3.63) is 157 Å². The van der Waals surface area contributed by atoms with Crippen molar-refractivity contribution in [1.29, 1.82) is 0 Å². The Morgan fingerprint density at radius 3 is 1.54 bits per heavy atom. The van der Waals surface area contributed by atoms with Gasteiger partial charge in [-0.15, -0.1) is 23.5 Å². The van der Waals surface area contributed by atoms with Gasteiger partial charge < -0.3 is 13.9 Å². The summed E-state index contributed by atoms with van der Waals surface area (Å²) in [5.74, 6) is 4.70. The SMILES string of the molecule is C=C(O[Si](C)(C)C)C(C)(C)CSc1ccc(C)cc1.Cc1cc(C)c(C(=C=O)C(=O)Cl)c(C)c1.Cc1ccc(SCC(C)(C)c2cc(O)c(-c3c(C)cc(C)cc3C)c(=O)o2)cc1. The number of hydrogen-bond acceptors (Lipinski definition) is 8. The van der Waals surface area contributed by atoms with E-state index in [1.807, 2.05) is 91.4 Å². The predicted octanol–water partition coefficient (Wildman–Crippen LogP) is 14.4. The zero-order valence-corrected chi connectivity index (χ0v) is 43.2. The number of benzene rings is 4. The Bertz CT molecular complexity index is 2480. The Labute approximate surface area is 390 Å². The molecule has 336 valence electrons. The van der Waals surface area contributed by atoms with E-state index >= 15 is 0 Å². The van der Waals surface area contributed by atoms with Crippen molar-refractivity contribution >= 4 is 60.2 Å². The van der Waals surface area contributed by atoms with E-state index < -0.39 is 24.6 Å². The van der Waals surface area contributed by atoms with Crippen LogP contribution in [-0.4, -0.2) is 36.1 Å². The van der Waals surface area contributed by atoms with Crippen LogP contribution in [0.3, 0.4) is 0 Å². The molecule has 0 fully saturated rings. The maximum Gasteiger partial charge on any atom is 0.347 e. The van der Waals surface area contributed by atoms with E-state index in [2.05, 4.69) is 102 Å². The molecule has 0 saturated heterocycles. The fourth-order valence-electron chi connectivity index (χ4n) is 6.84. The summed E-state index contributed by atoms with van der Waals surface area (Å²) in [6, 6.07) is 26.5. The molecule has 0 radical (unpaired) electrons. The minimum atomic E-state index is -1.55. The van der Waals surface area contributed by atoms with Crippen molar-refractivity contribution in [2.45, 2.75) is 118 Å². The molecule has 0 aliphatic carbocycles. The second-order valence-electron chi connectivity index (χ2n) is 18.6. The number of allylic oxidation sites excluding steroid dienone is 2. The van der Waals surface area contributed by atoms with E-state index in [0.29, 0.717) is 11.3 Å². The van der Waals surface area contributed by atoms with Crippen LogP contribution in [-0.2, 0) is 19.4 Å². The summed E-state index contributed by atoms with van der Waals surface area (Å²) in [4.78, 5) is 37.0. The van der Waals surface area contributed by atoms with Crippen molar-refractivity contribution < 1.29 is 23.5 Å². The fraction of sp³-hybridized carbons (Fsp3) is 0.358. The van der Waals surface area contributed by atoms with E-state index in [0.717, 1.165) is 61.1 Å². The van der Waals surface area contributed by atoms with Gasteiger partial charge in [0.15, 0.2) is 0 Å². The molecule has 0 bridgehead atoms. The number of aromatic hydroxyl groups is 1. The van der Waals surface area contributed by atoms with Gasteiger partial charge in [0.25, 0.3) is 5.24 Å². The topological polar surface area (TPSA) is 93.8 Å². The lowest BCUT2D eigenvalue weighted by atomic mass is 9.90. The number of hydrogen-bond donors (Lipinski definition) is 1. The maximum atomic E-state index is 12.9.